The standard InChI is InChI=1S/C20H26N4O3/c1-2-3-4-8-22-19(25)17-15-16(7-9-21-17)23-10-12-24(13-11-23)20(26)18-6-5-14-27-18/h5-7,9,14-15H,2-4,8,10-13H2,1H3,(H,22,25). The van der Waals surface area contributed by atoms with E-state index in [1.165, 1.54) is 6.26 Å². The molecule has 144 valence electrons. The van der Waals surface area contributed by atoms with Gasteiger partial charge in [0.25, 0.3) is 11.8 Å². The summed E-state index contributed by atoms with van der Waals surface area (Å²) >= 11 is 0. The van der Waals surface area contributed by atoms with Gasteiger partial charge in [-0.25, -0.2) is 0 Å². The number of amides is 2. The van der Waals surface area contributed by atoms with Crippen LogP contribution in [-0.4, -0.2) is 54.4 Å². The Morgan fingerprint density at radius 2 is 2.00 bits per heavy atom. The number of nitrogens with one attached hydrogen (secondary N) is 1. The molecule has 1 fully saturated rings. The summed E-state index contributed by atoms with van der Waals surface area (Å²) in [5, 5.41) is 2.92. The van der Waals surface area contributed by atoms with Crippen LogP contribution >= 0.6 is 0 Å². The zero-order chi connectivity index (χ0) is 19.1. The number of rotatable bonds is 7. The smallest absolute Gasteiger partial charge is 0.289 e. The van der Waals surface area contributed by atoms with Gasteiger partial charge in [-0.05, 0) is 30.7 Å². The average Bonchev–Trinajstić information content (AvgIpc) is 3.25. The maximum atomic E-state index is 12.3. The third kappa shape index (κ3) is 4.87. The van der Waals surface area contributed by atoms with Crippen LogP contribution in [-0.2, 0) is 0 Å². The minimum Gasteiger partial charge on any atom is -0.459 e. The molecule has 0 radical (unpaired) electrons. The van der Waals surface area contributed by atoms with Crippen molar-refractivity contribution < 1.29 is 14.0 Å². The molecular weight excluding hydrogens is 344 g/mol. The number of anilines is 1. The summed E-state index contributed by atoms with van der Waals surface area (Å²) < 4.78 is 5.19. The van der Waals surface area contributed by atoms with Crippen LogP contribution in [0.5, 0.6) is 0 Å². The van der Waals surface area contributed by atoms with E-state index >= 15 is 0 Å². The molecule has 2 aromatic rings. The molecule has 3 rings (SSSR count). The fourth-order valence-electron chi connectivity index (χ4n) is 3.13. The van der Waals surface area contributed by atoms with Gasteiger partial charge in [0.05, 0.1) is 6.26 Å². The summed E-state index contributed by atoms with van der Waals surface area (Å²) in [6.07, 6.45) is 6.38. The third-order valence-corrected chi connectivity index (χ3v) is 4.71. The molecule has 0 aromatic carbocycles. The predicted molar refractivity (Wildman–Crippen MR) is 103 cm³/mol. The van der Waals surface area contributed by atoms with Crippen LogP contribution < -0.4 is 10.2 Å². The summed E-state index contributed by atoms with van der Waals surface area (Å²) in [4.78, 5) is 32.8. The number of aromatic nitrogens is 1. The van der Waals surface area contributed by atoms with Gasteiger partial charge in [0.2, 0.25) is 0 Å². The molecule has 1 N–H and O–H groups in total. The highest BCUT2D eigenvalue weighted by atomic mass is 16.3. The number of carbonyl (C=O) groups is 2. The van der Waals surface area contributed by atoms with Crippen LogP contribution in [0.2, 0.25) is 0 Å². The molecule has 1 saturated heterocycles. The van der Waals surface area contributed by atoms with Crippen molar-refractivity contribution in [1.82, 2.24) is 15.2 Å². The molecule has 7 nitrogen and oxygen atoms in total. The first kappa shape index (κ1) is 18.9. The molecule has 0 aliphatic carbocycles. The van der Waals surface area contributed by atoms with Gasteiger partial charge >= 0.3 is 0 Å². The molecule has 0 saturated carbocycles. The Balaban J connectivity index is 1.55. The largest absolute Gasteiger partial charge is 0.459 e. The van der Waals surface area contributed by atoms with Gasteiger partial charge in [0, 0.05) is 44.6 Å². The Labute approximate surface area is 159 Å². The van der Waals surface area contributed by atoms with E-state index in [-0.39, 0.29) is 11.8 Å². The van der Waals surface area contributed by atoms with Gasteiger partial charge < -0.3 is 19.5 Å². The van der Waals surface area contributed by atoms with Gasteiger partial charge in [-0.3, -0.25) is 14.6 Å². The summed E-state index contributed by atoms with van der Waals surface area (Å²) in [6.45, 7) is 5.43. The summed E-state index contributed by atoms with van der Waals surface area (Å²) in [7, 11) is 0. The van der Waals surface area contributed by atoms with Crippen LogP contribution in [0.15, 0.2) is 41.1 Å². The monoisotopic (exact) mass is 370 g/mol. The maximum Gasteiger partial charge on any atom is 0.289 e. The molecule has 0 bridgehead atoms. The topological polar surface area (TPSA) is 78.7 Å². The van der Waals surface area contributed by atoms with Crippen LogP contribution in [0.1, 0.15) is 47.2 Å². The van der Waals surface area contributed by atoms with Gasteiger partial charge in [-0.1, -0.05) is 19.8 Å². The lowest BCUT2D eigenvalue weighted by atomic mass is 10.2. The molecule has 3 heterocycles. The second-order valence-electron chi connectivity index (χ2n) is 6.62. The Bertz CT molecular complexity index is 752. The number of hydrogen-bond donors (Lipinski definition) is 1. The Morgan fingerprint density at radius 3 is 2.70 bits per heavy atom. The van der Waals surface area contributed by atoms with Crippen molar-refractivity contribution in [3.63, 3.8) is 0 Å². The first-order valence-corrected chi connectivity index (χ1v) is 9.51. The first-order valence-electron chi connectivity index (χ1n) is 9.51. The van der Waals surface area contributed by atoms with Gasteiger partial charge in [0.15, 0.2) is 5.76 Å². The van der Waals surface area contributed by atoms with Crippen molar-refractivity contribution in [2.45, 2.75) is 26.2 Å². The molecule has 0 unspecified atom stereocenters. The molecule has 7 heteroatoms. The molecule has 2 amide bonds. The first-order chi connectivity index (χ1) is 13.2. The lowest BCUT2D eigenvalue weighted by Gasteiger charge is -2.35. The molecule has 1 aliphatic heterocycles. The minimum atomic E-state index is -0.139. The zero-order valence-corrected chi connectivity index (χ0v) is 15.7. The maximum absolute atomic E-state index is 12.3. The van der Waals surface area contributed by atoms with Gasteiger partial charge in [-0.15, -0.1) is 0 Å². The molecule has 2 aromatic heterocycles. The number of piperazine rings is 1. The molecule has 0 spiro atoms. The van der Waals surface area contributed by atoms with Crippen LogP contribution in [0.4, 0.5) is 5.69 Å². The fourth-order valence-corrected chi connectivity index (χ4v) is 3.13. The van der Waals surface area contributed by atoms with Crippen LogP contribution in [0, 0.1) is 0 Å². The quantitative estimate of drug-likeness (QED) is 0.758. The second-order valence-corrected chi connectivity index (χ2v) is 6.62. The van der Waals surface area contributed by atoms with Crippen LogP contribution in [0.25, 0.3) is 0 Å². The van der Waals surface area contributed by atoms with Crippen LogP contribution in [0.3, 0.4) is 0 Å². The minimum absolute atomic E-state index is 0.0819. The normalized spacial score (nSPS) is 14.3. The Morgan fingerprint density at radius 1 is 1.19 bits per heavy atom. The van der Waals surface area contributed by atoms with Gasteiger partial charge in [0.1, 0.15) is 5.69 Å². The number of carbonyl (C=O) groups excluding carboxylic acids is 2. The summed E-state index contributed by atoms with van der Waals surface area (Å²) in [5.41, 5.74) is 1.38. The zero-order valence-electron chi connectivity index (χ0n) is 15.7. The highest BCUT2D eigenvalue weighted by Crippen LogP contribution is 2.18. The van der Waals surface area contributed by atoms with Crippen molar-refractivity contribution >= 4 is 17.5 Å². The lowest BCUT2D eigenvalue weighted by molar-refractivity contribution is 0.0714. The van der Waals surface area contributed by atoms with Crippen molar-refractivity contribution in [3.05, 3.63) is 48.2 Å². The number of nitrogens with zero attached hydrogens (tertiary/aromatic N) is 3. The number of pyridine rings is 1. The Kier molecular flexibility index (Phi) is 6.46. The summed E-state index contributed by atoms with van der Waals surface area (Å²) in [5.74, 6) is 0.149. The van der Waals surface area contributed by atoms with Gasteiger partial charge in [-0.2, -0.15) is 0 Å². The number of hydrogen-bond acceptors (Lipinski definition) is 5. The second kappa shape index (κ2) is 9.21. The van der Waals surface area contributed by atoms with Crippen molar-refractivity contribution in [2.24, 2.45) is 0 Å². The SMILES string of the molecule is CCCCCNC(=O)c1cc(N2CCN(C(=O)c3ccco3)CC2)ccn1. The van der Waals surface area contributed by atoms with E-state index in [1.54, 1.807) is 23.2 Å². The molecule has 0 atom stereocenters. The van der Waals surface area contributed by atoms with E-state index in [1.807, 2.05) is 12.1 Å². The molecule has 1 aliphatic rings. The van der Waals surface area contributed by atoms with Crippen molar-refractivity contribution in [1.29, 1.82) is 0 Å². The van der Waals surface area contributed by atoms with Crippen molar-refractivity contribution in [3.8, 4) is 0 Å². The van der Waals surface area contributed by atoms with E-state index in [0.29, 0.717) is 44.2 Å². The van der Waals surface area contributed by atoms with E-state index in [0.717, 1.165) is 24.9 Å². The molecular formula is C20H26N4O3. The van der Waals surface area contributed by atoms with Crippen molar-refractivity contribution in [2.75, 3.05) is 37.6 Å². The number of furan rings is 1. The summed E-state index contributed by atoms with van der Waals surface area (Å²) in [6, 6.07) is 7.12. The highest BCUT2D eigenvalue weighted by Gasteiger charge is 2.24. The Hall–Kier alpha value is -2.83. The fraction of sp³-hybridized carbons (Fsp3) is 0.450. The van der Waals surface area contributed by atoms with E-state index in [2.05, 4.69) is 22.1 Å². The average molecular weight is 370 g/mol. The molecule has 27 heavy (non-hydrogen) atoms. The van der Waals surface area contributed by atoms with E-state index < -0.39 is 0 Å². The predicted octanol–water partition coefficient (Wildman–Crippen LogP) is 2.56. The van der Waals surface area contributed by atoms with E-state index in [9.17, 15) is 9.59 Å². The lowest BCUT2D eigenvalue weighted by Crippen LogP contribution is -2.48. The highest BCUT2D eigenvalue weighted by molar-refractivity contribution is 5.93. The third-order valence-electron chi connectivity index (χ3n) is 4.71. The van der Waals surface area contributed by atoms with E-state index in [4.69, 9.17) is 4.42 Å². The number of unbranched alkanes of at least 4 members (excludes halogenated alkanes) is 2.